The van der Waals surface area contributed by atoms with Gasteiger partial charge in [-0.1, -0.05) is 48.6 Å². The first-order valence-electron chi connectivity index (χ1n) is 12.2. The van der Waals surface area contributed by atoms with Gasteiger partial charge in [0, 0.05) is 49.9 Å². The average Bonchev–Trinajstić information content (AvgIpc) is 3.36. The van der Waals surface area contributed by atoms with Crippen molar-refractivity contribution < 1.29 is 22.7 Å². The van der Waals surface area contributed by atoms with E-state index in [9.17, 15) is 18.0 Å². The molecule has 9 heteroatoms. The molecular formula is C28H29N3O5S. The molecule has 37 heavy (non-hydrogen) atoms. The molecule has 2 aliphatic rings. The molecule has 2 heterocycles. The van der Waals surface area contributed by atoms with Crippen LogP contribution in [0.3, 0.4) is 0 Å². The summed E-state index contributed by atoms with van der Waals surface area (Å²) in [5.74, 6) is 0. The van der Waals surface area contributed by atoms with Crippen molar-refractivity contribution in [3.05, 3.63) is 90.2 Å². The van der Waals surface area contributed by atoms with Crippen molar-refractivity contribution >= 4 is 39.0 Å². The quantitative estimate of drug-likeness (QED) is 0.455. The second-order valence-electron chi connectivity index (χ2n) is 9.58. The summed E-state index contributed by atoms with van der Waals surface area (Å²) in [4.78, 5) is 27.6. The number of hydrogen-bond donors (Lipinski definition) is 0. The molecule has 5 rings (SSSR count). The Morgan fingerprint density at radius 1 is 1.05 bits per heavy atom. The van der Waals surface area contributed by atoms with Crippen LogP contribution in [0.15, 0.2) is 84.6 Å². The standard InChI is InChI=1S/C28H29N3O5S/c1-28(12-5-8-23(19-28)20-32)37(34,35)31-13-11-24-18-25(9-10-26(24)31)29-14-16-30(17-15-29)27(33)36-21-22-6-3-2-4-7-22/h2-13,18,20H,14-17,19,21H2,1H3. The molecule has 192 valence electrons. The molecule has 1 saturated heterocycles. The number of nitrogens with zero attached hydrogens (tertiary/aromatic N) is 3. The fourth-order valence-corrected chi connectivity index (χ4v) is 6.55. The van der Waals surface area contributed by atoms with E-state index in [1.165, 1.54) is 3.97 Å². The third kappa shape index (κ3) is 4.79. The van der Waals surface area contributed by atoms with E-state index < -0.39 is 14.8 Å². The second-order valence-corrected chi connectivity index (χ2v) is 11.9. The third-order valence-electron chi connectivity index (χ3n) is 7.06. The zero-order chi connectivity index (χ0) is 26.0. The van der Waals surface area contributed by atoms with Gasteiger partial charge < -0.3 is 14.5 Å². The van der Waals surface area contributed by atoms with Gasteiger partial charge in [0.2, 0.25) is 10.0 Å². The molecule has 0 N–H and O–H groups in total. The highest BCUT2D eigenvalue weighted by Crippen LogP contribution is 2.34. The number of allylic oxidation sites excluding steroid dienone is 3. The largest absolute Gasteiger partial charge is 0.445 e. The Bertz CT molecular complexity index is 1480. The Labute approximate surface area is 216 Å². The number of piperazine rings is 1. The summed E-state index contributed by atoms with van der Waals surface area (Å²) >= 11 is 0. The van der Waals surface area contributed by atoms with Crippen LogP contribution in [0.1, 0.15) is 18.9 Å². The van der Waals surface area contributed by atoms with E-state index >= 15 is 0 Å². The van der Waals surface area contributed by atoms with Crippen molar-refractivity contribution in [1.29, 1.82) is 0 Å². The van der Waals surface area contributed by atoms with Gasteiger partial charge in [-0.25, -0.2) is 17.2 Å². The summed E-state index contributed by atoms with van der Waals surface area (Å²) in [6.07, 6.45) is 7.01. The van der Waals surface area contributed by atoms with Gasteiger partial charge in [-0.2, -0.15) is 0 Å². The summed E-state index contributed by atoms with van der Waals surface area (Å²) in [5.41, 5.74) is 2.96. The number of amides is 1. The highest BCUT2D eigenvalue weighted by atomic mass is 32.2. The van der Waals surface area contributed by atoms with Crippen LogP contribution in [0, 0.1) is 0 Å². The lowest BCUT2D eigenvalue weighted by atomic mass is 9.96. The van der Waals surface area contributed by atoms with Crippen LogP contribution < -0.4 is 4.90 Å². The predicted octanol–water partition coefficient (Wildman–Crippen LogP) is 4.12. The monoisotopic (exact) mass is 519 g/mol. The topological polar surface area (TPSA) is 88.9 Å². The summed E-state index contributed by atoms with van der Waals surface area (Å²) in [7, 11) is -3.81. The van der Waals surface area contributed by atoms with Crippen molar-refractivity contribution in [2.45, 2.75) is 24.7 Å². The Balaban J connectivity index is 1.26. The molecule has 1 fully saturated rings. The van der Waals surface area contributed by atoms with Gasteiger partial charge in [0.05, 0.1) is 5.52 Å². The van der Waals surface area contributed by atoms with E-state index in [0.717, 1.165) is 16.6 Å². The van der Waals surface area contributed by atoms with Crippen LogP contribution in [0.25, 0.3) is 10.9 Å². The highest BCUT2D eigenvalue weighted by Gasteiger charge is 2.40. The molecule has 3 aromatic rings. The van der Waals surface area contributed by atoms with Crippen molar-refractivity contribution in [3.63, 3.8) is 0 Å². The summed E-state index contributed by atoms with van der Waals surface area (Å²) in [5, 5.41) is 0.806. The molecule has 2 aromatic carbocycles. The van der Waals surface area contributed by atoms with Crippen LogP contribution in [0.4, 0.5) is 10.5 Å². The molecule has 1 aliphatic heterocycles. The Hall–Kier alpha value is -3.85. The van der Waals surface area contributed by atoms with Gasteiger partial charge in [-0.05, 0) is 42.3 Å². The maximum absolute atomic E-state index is 13.6. The average molecular weight is 520 g/mol. The van der Waals surface area contributed by atoms with Crippen LogP contribution in [-0.2, 0) is 26.2 Å². The smallest absolute Gasteiger partial charge is 0.410 e. The van der Waals surface area contributed by atoms with Crippen LogP contribution in [-0.4, -0.2) is 60.6 Å². The number of aldehydes is 1. The molecular weight excluding hydrogens is 490 g/mol. The van der Waals surface area contributed by atoms with Gasteiger partial charge in [0.1, 0.15) is 17.6 Å². The van der Waals surface area contributed by atoms with Gasteiger partial charge in [0.15, 0.2) is 0 Å². The zero-order valence-corrected chi connectivity index (χ0v) is 21.4. The van der Waals surface area contributed by atoms with Gasteiger partial charge in [-0.3, -0.25) is 4.79 Å². The van der Waals surface area contributed by atoms with Crippen LogP contribution in [0.5, 0.6) is 0 Å². The molecule has 8 nitrogen and oxygen atoms in total. The minimum atomic E-state index is -3.81. The maximum Gasteiger partial charge on any atom is 0.410 e. The molecule has 1 atom stereocenters. The lowest BCUT2D eigenvalue weighted by Crippen LogP contribution is -2.48. The van der Waals surface area contributed by atoms with Gasteiger partial charge >= 0.3 is 6.09 Å². The maximum atomic E-state index is 13.6. The van der Waals surface area contributed by atoms with Crippen molar-refractivity contribution in [1.82, 2.24) is 8.87 Å². The summed E-state index contributed by atoms with van der Waals surface area (Å²) in [6, 6.07) is 17.1. The van der Waals surface area contributed by atoms with Crippen molar-refractivity contribution in [2.75, 3.05) is 31.1 Å². The summed E-state index contributed by atoms with van der Waals surface area (Å²) in [6.45, 7) is 4.26. The molecule has 0 radical (unpaired) electrons. The molecule has 1 aromatic heterocycles. The molecule has 0 saturated carbocycles. The number of rotatable bonds is 6. The Morgan fingerprint density at radius 3 is 2.54 bits per heavy atom. The van der Waals surface area contributed by atoms with Crippen LogP contribution >= 0.6 is 0 Å². The first kappa shape index (κ1) is 24.8. The minimum absolute atomic E-state index is 0.130. The first-order valence-corrected chi connectivity index (χ1v) is 13.7. The lowest BCUT2D eigenvalue weighted by Gasteiger charge is -2.35. The molecule has 1 amide bonds. The van der Waals surface area contributed by atoms with E-state index in [1.807, 2.05) is 48.5 Å². The number of carbonyl (C=O) groups excluding carboxylic acids is 2. The summed E-state index contributed by atoms with van der Waals surface area (Å²) < 4.78 is 32.7. The predicted molar refractivity (Wildman–Crippen MR) is 143 cm³/mol. The second kappa shape index (κ2) is 9.89. The van der Waals surface area contributed by atoms with Gasteiger partial charge in [-0.15, -0.1) is 0 Å². The van der Waals surface area contributed by atoms with E-state index in [1.54, 1.807) is 42.3 Å². The lowest BCUT2D eigenvalue weighted by molar-refractivity contribution is -0.105. The fraction of sp³-hybridized carbons (Fsp3) is 0.286. The number of hydrogen-bond acceptors (Lipinski definition) is 6. The normalized spacial score (nSPS) is 20.1. The molecule has 1 unspecified atom stereocenters. The van der Waals surface area contributed by atoms with Gasteiger partial charge in [0.25, 0.3) is 0 Å². The van der Waals surface area contributed by atoms with E-state index in [4.69, 9.17) is 4.74 Å². The van der Waals surface area contributed by atoms with E-state index in [0.29, 0.717) is 43.6 Å². The molecule has 1 aliphatic carbocycles. The number of ether oxygens (including phenoxy) is 1. The third-order valence-corrected chi connectivity index (χ3v) is 9.36. The van der Waals surface area contributed by atoms with E-state index in [-0.39, 0.29) is 19.1 Å². The van der Waals surface area contributed by atoms with E-state index in [2.05, 4.69) is 4.90 Å². The number of aromatic nitrogens is 1. The van der Waals surface area contributed by atoms with Crippen molar-refractivity contribution in [3.8, 4) is 0 Å². The number of anilines is 1. The zero-order valence-electron chi connectivity index (χ0n) is 20.6. The Kier molecular flexibility index (Phi) is 6.64. The number of fused-ring (bicyclic) bond motifs is 1. The SMILES string of the molecule is CC1(S(=O)(=O)n2ccc3cc(N4CCN(C(=O)OCc5ccccc5)CC4)ccc32)C=CC=C(C=O)C1. The molecule has 0 spiro atoms. The number of benzene rings is 2. The first-order chi connectivity index (χ1) is 17.8. The Morgan fingerprint density at radius 2 is 1.81 bits per heavy atom. The molecule has 0 bridgehead atoms. The highest BCUT2D eigenvalue weighted by molar-refractivity contribution is 7.91. The fourth-order valence-electron chi connectivity index (χ4n) is 4.85. The minimum Gasteiger partial charge on any atom is -0.445 e. The van der Waals surface area contributed by atoms with Crippen molar-refractivity contribution in [2.24, 2.45) is 0 Å². The van der Waals surface area contributed by atoms with Crippen LogP contribution in [0.2, 0.25) is 0 Å². The number of carbonyl (C=O) groups is 2.